The van der Waals surface area contributed by atoms with Crippen LogP contribution in [0.4, 0.5) is 4.39 Å². The molecule has 1 spiro atoms. The van der Waals surface area contributed by atoms with Crippen molar-refractivity contribution in [1.82, 2.24) is 0 Å². The lowest BCUT2D eigenvalue weighted by Crippen LogP contribution is -2.34. The molecule has 1 aliphatic heterocycles. The van der Waals surface area contributed by atoms with Gasteiger partial charge in [0.1, 0.15) is 11.4 Å². The Bertz CT molecular complexity index is 559. The fourth-order valence-electron chi connectivity index (χ4n) is 3.07. The van der Waals surface area contributed by atoms with Crippen molar-refractivity contribution in [2.75, 3.05) is 0 Å². The number of carbonyl (C=O) groups is 2. The maximum Gasteiger partial charge on any atom is 0.339 e. The maximum absolute atomic E-state index is 13.2. The van der Waals surface area contributed by atoms with Gasteiger partial charge >= 0.3 is 11.9 Å². The third-order valence-electron chi connectivity index (χ3n) is 4.12. The largest absolute Gasteiger partial charge is 0.481 e. The van der Waals surface area contributed by atoms with Gasteiger partial charge in [0, 0.05) is 5.56 Å². The average Bonchev–Trinajstić information content (AvgIpc) is 2.63. The molecular formula is C14H13FO4. The van der Waals surface area contributed by atoms with Crippen LogP contribution in [0.3, 0.4) is 0 Å². The SMILES string of the molecule is O=C1O[C@]2(CC[C@H](C(=O)O)CC2)c2ccc(F)cc21. The van der Waals surface area contributed by atoms with Crippen molar-refractivity contribution in [1.29, 1.82) is 0 Å². The number of rotatable bonds is 1. The number of carboxylic acids is 1. The standard InChI is InChI=1S/C14H13FO4/c15-9-1-2-11-10(7-9)13(18)19-14(11)5-3-8(4-6-14)12(16)17/h1-2,7-8H,3-6H2,(H,16,17)/t8-,14-. The number of carbonyl (C=O) groups excluding carboxylic acids is 1. The Kier molecular flexibility index (Phi) is 2.59. The molecule has 1 saturated carbocycles. The van der Waals surface area contributed by atoms with Crippen LogP contribution in [0.1, 0.15) is 41.6 Å². The van der Waals surface area contributed by atoms with Crippen LogP contribution in [-0.4, -0.2) is 17.0 Å². The van der Waals surface area contributed by atoms with Crippen molar-refractivity contribution in [2.24, 2.45) is 5.92 Å². The second-order valence-corrected chi connectivity index (χ2v) is 5.19. The first-order chi connectivity index (χ1) is 9.02. The lowest BCUT2D eigenvalue weighted by molar-refractivity contribution is -0.144. The van der Waals surface area contributed by atoms with Crippen LogP contribution >= 0.6 is 0 Å². The Morgan fingerprint density at radius 3 is 2.68 bits per heavy atom. The summed E-state index contributed by atoms with van der Waals surface area (Å²) < 4.78 is 18.6. The minimum absolute atomic E-state index is 0.272. The summed E-state index contributed by atoms with van der Waals surface area (Å²) in [7, 11) is 0. The Morgan fingerprint density at radius 1 is 1.37 bits per heavy atom. The average molecular weight is 264 g/mol. The Labute approximate surface area is 109 Å². The highest BCUT2D eigenvalue weighted by Crippen LogP contribution is 2.48. The van der Waals surface area contributed by atoms with Crippen molar-refractivity contribution < 1.29 is 23.8 Å². The molecule has 4 nitrogen and oxygen atoms in total. The summed E-state index contributed by atoms with van der Waals surface area (Å²) >= 11 is 0. The molecule has 19 heavy (non-hydrogen) atoms. The molecule has 1 N–H and O–H groups in total. The second-order valence-electron chi connectivity index (χ2n) is 5.19. The zero-order valence-electron chi connectivity index (χ0n) is 10.2. The molecule has 3 rings (SSSR count). The number of halogens is 1. The van der Waals surface area contributed by atoms with Crippen LogP contribution < -0.4 is 0 Å². The van der Waals surface area contributed by atoms with Gasteiger partial charge in [-0.15, -0.1) is 0 Å². The topological polar surface area (TPSA) is 63.6 Å². The normalized spacial score (nSPS) is 29.1. The molecule has 2 aliphatic rings. The summed E-state index contributed by atoms with van der Waals surface area (Å²) in [5.41, 5.74) is 0.225. The van der Waals surface area contributed by atoms with E-state index in [0.717, 1.165) is 0 Å². The smallest absolute Gasteiger partial charge is 0.339 e. The van der Waals surface area contributed by atoms with Crippen molar-refractivity contribution in [3.8, 4) is 0 Å². The van der Waals surface area contributed by atoms with Crippen LogP contribution in [0.25, 0.3) is 0 Å². The molecule has 0 aromatic heterocycles. The van der Waals surface area contributed by atoms with Gasteiger partial charge < -0.3 is 9.84 Å². The molecule has 1 heterocycles. The van der Waals surface area contributed by atoms with E-state index < -0.39 is 23.4 Å². The van der Waals surface area contributed by atoms with Gasteiger partial charge in [0.05, 0.1) is 11.5 Å². The number of benzene rings is 1. The monoisotopic (exact) mass is 264 g/mol. The van der Waals surface area contributed by atoms with Gasteiger partial charge in [0.25, 0.3) is 0 Å². The molecule has 1 fully saturated rings. The number of aliphatic carboxylic acids is 1. The molecule has 5 heteroatoms. The number of hydrogen-bond acceptors (Lipinski definition) is 3. The van der Waals surface area contributed by atoms with E-state index in [-0.39, 0.29) is 11.5 Å². The second kappa shape index (κ2) is 4.05. The van der Waals surface area contributed by atoms with Crippen LogP contribution in [0.5, 0.6) is 0 Å². The fraction of sp³-hybridized carbons (Fsp3) is 0.429. The first kappa shape index (κ1) is 12.1. The Morgan fingerprint density at radius 2 is 2.05 bits per heavy atom. The minimum atomic E-state index is -0.807. The van der Waals surface area contributed by atoms with Crippen molar-refractivity contribution in [2.45, 2.75) is 31.3 Å². The summed E-state index contributed by atoms with van der Waals surface area (Å²) in [6.07, 6.45) is 1.90. The molecule has 100 valence electrons. The van der Waals surface area contributed by atoms with Crippen LogP contribution in [0, 0.1) is 11.7 Å². The molecule has 1 aliphatic carbocycles. The summed E-state index contributed by atoms with van der Waals surface area (Å²) in [6.45, 7) is 0. The van der Waals surface area contributed by atoms with E-state index in [9.17, 15) is 14.0 Å². The molecule has 0 saturated heterocycles. The van der Waals surface area contributed by atoms with Gasteiger partial charge in [-0.3, -0.25) is 4.79 Å². The molecular weight excluding hydrogens is 251 g/mol. The molecule has 0 unspecified atom stereocenters. The predicted molar refractivity (Wildman–Crippen MR) is 63.1 cm³/mol. The van der Waals surface area contributed by atoms with E-state index in [0.29, 0.717) is 31.2 Å². The predicted octanol–water partition coefficient (Wildman–Crippen LogP) is 2.47. The van der Waals surface area contributed by atoms with Gasteiger partial charge in [-0.1, -0.05) is 6.07 Å². The molecule has 1 aromatic carbocycles. The molecule has 0 radical (unpaired) electrons. The van der Waals surface area contributed by atoms with E-state index in [2.05, 4.69) is 0 Å². The Balaban J connectivity index is 1.93. The van der Waals surface area contributed by atoms with Crippen LogP contribution in [0.2, 0.25) is 0 Å². The number of hydrogen-bond donors (Lipinski definition) is 1. The highest BCUT2D eigenvalue weighted by atomic mass is 19.1. The van der Waals surface area contributed by atoms with Gasteiger partial charge in [-0.05, 0) is 37.8 Å². The van der Waals surface area contributed by atoms with Crippen LogP contribution in [0.15, 0.2) is 18.2 Å². The lowest BCUT2D eigenvalue weighted by atomic mass is 9.75. The fourth-order valence-corrected chi connectivity index (χ4v) is 3.07. The third kappa shape index (κ3) is 1.80. The number of esters is 1. The third-order valence-corrected chi connectivity index (χ3v) is 4.12. The van der Waals surface area contributed by atoms with Gasteiger partial charge in [-0.2, -0.15) is 0 Å². The van der Waals surface area contributed by atoms with E-state index in [1.165, 1.54) is 12.1 Å². The molecule has 0 amide bonds. The first-order valence-corrected chi connectivity index (χ1v) is 6.28. The molecule has 1 aromatic rings. The summed E-state index contributed by atoms with van der Waals surface area (Å²) in [4.78, 5) is 22.8. The number of fused-ring (bicyclic) bond motifs is 2. The zero-order valence-corrected chi connectivity index (χ0v) is 10.2. The number of ether oxygens (including phenoxy) is 1. The zero-order chi connectivity index (χ0) is 13.6. The highest BCUT2D eigenvalue weighted by Gasteiger charge is 2.48. The van der Waals surface area contributed by atoms with Gasteiger partial charge in [-0.25, -0.2) is 9.18 Å². The first-order valence-electron chi connectivity index (χ1n) is 6.28. The summed E-state index contributed by atoms with van der Waals surface area (Å²) in [6, 6.07) is 4.08. The quantitative estimate of drug-likeness (QED) is 0.791. The van der Waals surface area contributed by atoms with Crippen molar-refractivity contribution in [3.05, 3.63) is 35.1 Å². The van der Waals surface area contributed by atoms with Gasteiger partial charge in [0.15, 0.2) is 0 Å². The van der Waals surface area contributed by atoms with Gasteiger partial charge in [0.2, 0.25) is 0 Å². The summed E-state index contributed by atoms with van der Waals surface area (Å²) in [5, 5.41) is 9.00. The maximum atomic E-state index is 13.2. The van der Waals surface area contributed by atoms with E-state index in [1.54, 1.807) is 6.07 Å². The highest BCUT2D eigenvalue weighted by molar-refractivity contribution is 5.94. The van der Waals surface area contributed by atoms with Crippen molar-refractivity contribution >= 4 is 11.9 Å². The Hall–Kier alpha value is -1.91. The molecule has 0 atom stereocenters. The van der Waals surface area contributed by atoms with E-state index >= 15 is 0 Å². The van der Waals surface area contributed by atoms with Crippen molar-refractivity contribution in [3.63, 3.8) is 0 Å². The number of carboxylic acid groups (broad SMARTS) is 1. The van der Waals surface area contributed by atoms with Crippen LogP contribution in [-0.2, 0) is 15.1 Å². The summed E-state index contributed by atoms with van der Waals surface area (Å²) in [5.74, 6) is -2.16. The van der Waals surface area contributed by atoms with E-state index in [4.69, 9.17) is 9.84 Å². The molecule has 0 bridgehead atoms. The van der Waals surface area contributed by atoms with E-state index in [1.807, 2.05) is 0 Å². The lowest BCUT2D eigenvalue weighted by Gasteiger charge is -2.35. The minimum Gasteiger partial charge on any atom is -0.481 e.